The van der Waals surface area contributed by atoms with Crippen molar-refractivity contribution < 1.29 is 22.7 Å². The van der Waals surface area contributed by atoms with Crippen molar-refractivity contribution in [3.05, 3.63) is 58.1 Å². The van der Waals surface area contributed by atoms with Gasteiger partial charge in [-0.25, -0.2) is 17.5 Å². The molecule has 7 nitrogen and oxygen atoms in total. The zero-order valence-corrected chi connectivity index (χ0v) is 18.3. The topological polar surface area (TPSA) is 92.8 Å². The van der Waals surface area contributed by atoms with Gasteiger partial charge < -0.3 is 10.1 Å². The molecule has 0 saturated heterocycles. The Morgan fingerprint density at radius 1 is 1.14 bits per heavy atom. The number of halogens is 1. The minimum Gasteiger partial charge on any atom is -0.449 e. The number of hydrogen-bond acceptors (Lipinski definition) is 5. The van der Waals surface area contributed by atoms with E-state index in [0.717, 1.165) is 4.31 Å². The van der Waals surface area contributed by atoms with Crippen LogP contribution in [0, 0.1) is 6.92 Å². The van der Waals surface area contributed by atoms with E-state index in [1.807, 2.05) is 0 Å². The van der Waals surface area contributed by atoms with E-state index in [0.29, 0.717) is 21.3 Å². The maximum atomic E-state index is 12.4. The predicted molar refractivity (Wildman–Crippen MR) is 110 cm³/mol. The predicted octanol–water partition coefficient (Wildman–Crippen LogP) is 3.19. The lowest BCUT2D eigenvalue weighted by atomic mass is 10.2. The van der Waals surface area contributed by atoms with Crippen LogP contribution in [0.5, 0.6) is 0 Å². The van der Waals surface area contributed by atoms with E-state index < -0.39 is 28.0 Å². The van der Waals surface area contributed by atoms with Gasteiger partial charge in [0.1, 0.15) is 0 Å². The number of carbonyl (C=O) groups excluding carboxylic acids is 2. The molecule has 0 fully saturated rings. The second-order valence-corrected chi connectivity index (χ2v) is 9.38. The van der Waals surface area contributed by atoms with E-state index in [2.05, 4.69) is 21.2 Å². The number of esters is 1. The molecule has 2 rings (SSSR count). The van der Waals surface area contributed by atoms with E-state index in [-0.39, 0.29) is 4.90 Å². The van der Waals surface area contributed by atoms with Crippen LogP contribution in [0.15, 0.2) is 51.8 Å². The lowest BCUT2D eigenvalue weighted by molar-refractivity contribution is -0.123. The number of benzene rings is 2. The molecule has 2 aromatic carbocycles. The fourth-order valence-electron chi connectivity index (χ4n) is 2.24. The third kappa shape index (κ3) is 5.18. The van der Waals surface area contributed by atoms with Gasteiger partial charge in [0, 0.05) is 24.3 Å². The van der Waals surface area contributed by atoms with Gasteiger partial charge in [0.2, 0.25) is 10.0 Å². The molecule has 0 spiro atoms. The lowest BCUT2D eigenvalue weighted by Gasteiger charge is -2.17. The van der Waals surface area contributed by atoms with Crippen molar-refractivity contribution >= 4 is 43.5 Å². The highest BCUT2D eigenvalue weighted by Gasteiger charge is 2.22. The average molecular weight is 469 g/mol. The molecule has 0 aromatic heterocycles. The molecule has 0 bridgehead atoms. The maximum absolute atomic E-state index is 12.4. The molecule has 0 aliphatic carbocycles. The van der Waals surface area contributed by atoms with Gasteiger partial charge in [-0.3, -0.25) is 4.79 Å². The van der Waals surface area contributed by atoms with Gasteiger partial charge in [0.05, 0.1) is 10.5 Å². The standard InChI is InChI=1S/C19H21BrN2O5S/c1-12-8-9-16(28(25,26)22(3)4)11-17(12)21-18(23)13(2)27-19(24)14-6-5-7-15(20)10-14/h5-11,13H,1-4H3,(H,21,23)/t13-/m1/s1. The first-order valence-electron chi connectivity index (χ1n) is 8.33. The lowest BCUT2D eigenvalue weighted by Crippen LogP contribution is -2.30. The Morgan fingerprint density at radius 2 is 1.82 bits per heavy atom. The molecule has 1 atom stereocenters. The molecule has 150 valence electrons. The van der Waals surface area contributed by atoms with Crippen molar-refractivity contribution in [2.75, 3.05) is 19.4 Å². The van der Waals surface area contributed by atoms with Crippen LogP contribution in [0.4, 0.5) is 5.69 Å². The Labute approximate surface area is 172 Å². The van der Waals surface area contributed by atoms with Gasteiger partial charge in [-0.05, 0) is 49.7 Å². The molecule has 0 aliphatic heterocycles. The molecule has 9 heteroatoms. The van der Waals surface area contributed by atoms with Crippen molar-refractivity contribution in [1.29, 1.82) is 0 Å². The van der Waals surface area contributed by atoms with Crippen LogP contribution in [0.1, 0.15) is 22.8 Å². The highest BCUT2D eigenvalue weighted by Crippen LogP contribution is 2.22. The van der Waals surface area contributed by atoms with Crippen LogP contribution in [0.3, 0.4) is 0 Å². The summed E-state index contributed by atoms with van der Waals surface area (Å²) in [7, 11) is -0.784. The largest absolute Gasteiger partial charge is 0.449 e. The average Bonchev–Trinajstić information content (AvgIpc) is 2.63. The minimum atomic E-state index is -3.64. The minimum absolute atomic E-state index is 0.0529. The Kier molecular flexibility index (Phi) is 6.97. The summed E-state index contributed by atoms with van der Waals surface area (Å²) in [6, 6.07) is 11.1. The van der Waals surface area contributed by atoms with Crippen LogP contribution in [0.2, 0.25) is 0 Å². The summed E-state index contributed by atoms with van der Waals surface area (Å²) in [5.74, 6) is -1.20. The van der Waals surface area contributed by atoms with Gasteiger partial charge in [0.15, 0.2) is 6.10 Å². The van der Waals surface area contributed by atoms with Gasteiger partial charge in [-0.2, -0.15) is 0 Å². The first-order chi connectivity index (χ1) is 13.0. The van der Waals surface area contributed by atoms with Crippen LogP contribution in [-0.4, -0.2) is 44.8 Å². The summed E-state index contributed by atoms with van der Waals surface area (Å²) < 4.78 is 31.6. The molecule has 0 unspecified atom stereocenters. The summed E-state index contributed by atoms with van der Waals surface area (Å²) >= 11 is 3.27. The molecule has 2 aromatic rings. The smallest absolute Gasteiger partial charge is 0.338 e. The molecule has 0 radical (unpaired) electrons. The van der Waals surface area contributed by atoms with Gasteiger partial charge in [0.25, 0.3) is 5.91 Å². The Hall–Kier alpha value is -2.23. The first kappa shape index (κ1) is 22.1. The number of sulfonamides is 1. The van der Waals surface area contributed by atoms with E-state index in [4.69, 9.17) is 4.74 Å². The number of carbonyl (C=O) groups is 2. The first-order valence-corrected chi connectivity index (χ1v) is 10.6. The SMILES string of the molecule is Cc1ccc(S(=O)(=O)N(C)C)cc1NC(=O)[C@@H](C)OC(=O)c1cccc(Br)c1. The van der Waals surface area contributed by atoms with E-state index in [9.17, 15) is 18.0 Å². The highest BCUT2D eigenvalue weighted by molar-refractivity contribution is 9.10. The number of rotatable bonds is 6. The van der Waals surface area contributed by atoms with Crippen molar-refractivity contribution in [3.63, 3.8) is 0 Å². The van der Waals surface area contributed by atoms with Crippen molar-refractivity contribution in [2.24, 2.45) is 0 Å². The van der Waals surface area contributed by atoms with Crippen LogP contribution >= 0.6 is 15.9 Å². The highest BCUT2D eigenvalue weighted by atomic mass is 79.9. The Morgan fingerprint density at radius 3 is 2.43 bits per heavy atom. The molecular formula is C19H21BrN2O5S. The zero-order valence-electron chi connectivity index (χ0n) is 15.9. The van der Waals surface area contributed by atoms with Crippen LogP contribution in [0.25, 0.3) is 0 Å². The monoisotopic (exact) mass is 468 g/mol. The van der Waals surface area contributed by atoms with Crippen molar-refractivity contribution in [2.45, 2.75) is 24.8 Å². The van der Waals surface area contributed by atoms with E-state index in [1.54, 1.807) is 37.3 Å². The summed E-state index contributed by atoms with van der Waals surface area (Å²) in [5, 5.41) is 2.62. The van der Waals surface area contributed by atoms with Crippen LogP contribution < -0.4 is 5.32 Å². The van der Waals surface area contributed by atoms with E-state index in [1.165, 1.54) is 33.2 Å². The number of ether oxygens (including phenoxy) is 1. The summed E-state index contributed by atoms with van der Waals surface area (Å²) in [6.07, 6.45) is -1.07. The van der Waals surface area contributed by atoms with Crippen molar-refractivity contribution in [3.8, 4) is 0 Å². The fraction of sp³-hybridized carbons (Fsp3) is 0.263. The number of aryl methyl sites for hydroxylation is 1. The second-order valence-electron chi connectivity index (χ2n) is 6.31. The summed E-state index contributed by atoms with van der Waals surface area (Å²) in [6.45, 7) is 3.18. The van der Waals surface area contributed by atoms with Crippen LogP contribution in [-0.2, 0) is 19.6 Å². The Balaban J connectivity index is 2.14. The second kappa shape index (κ2) is 8.85. The number of amides is 1. The molecule has 1 amide bonds. The third-order valence-electron chi connectivity index (χ3n) is 3.96. The third-order valence-corrected chi connectivity index (χ3v) is 6.26. The van der Waals surface area contributed by atoms with Gasteiger partial charge >= 0.3 is 5.97 Å². The molecule has 0 heterocycles. The normalized spacial score (nSPS) is 12.5. The van der Waals surface area contributed by atoms with E-state index >= 15 is 0 Å². The van der Waals surface area contributed by atoms with Crippen molar-refractivity contribution in [1.82, 2.24) is 4.31 Å². The summed E-state index contributed by atoms with van der Waals surface area (Å²) in [4.78, 5) is 24.7. The summed E-state index contributed by atoms with van der Waals surface area (Å²) in [5.41, 5.74) is 1.32. The number of nitrogens with zero attached hydrogens (tertiary/aromatic N) is 1. The molecule has 0 aliphatic rings. The maximum Gasteiger partial charge on any atom is 0.338 e. The quantitative estimate of drug-likeness (QED) is 0.657. The number of nitrogens with one attached hydrogen (secondary N) is 1. The molecule has 0 saturated carbocycles. The molecule has 28 heavy (non-hydrogen) atoms. The number of hydrogen-bond donors (Lipinski definition) is 1. The van der Waals surface area contributed by atoms with Gasteiger partial charge in [-0.15, -0.1) is 0 Å². The Bertz CT molecular complexity index is 1010. The molecule has 1 N–H and O–H groups in total. The fourth-order valence-corrected chi connectivity index (χ4v) is 3.57. The van der Waals surface area contributed by atoms with Gasteiger partial charge in [-0.1, -0.05) is 28.1 Å². The zero-order chi connectivity index (χ0) is 21.1. The molecular weight excluding hydrogens is 448 g/mol. The number of anilines is 1.